The largest absolute Gasteiger partial charge is 0.489 e. The van der Waals surface area contributed by atoms with Crippen molar-refractivity contribution < 1.29 is 4.74 Å². The second kappa shape index (κ2) is 10.5. The number of benzene rings is 1. The lowest BCUT2D eigenvalue weighted by Crippen LogP contribution is -2.41. The SMILES string of the molecule is CN=C(NCc1ccsc1)NCC(C)Oc1ccccc1C.I. The lowest BCUT2D eigenvalue weighted by atomic mass is 10.2. The van der Waals surface area contributed by atoms with Crippen molar-refractivity contribution in [3.8, 4) is 5.75 Å². The van der Waals surface area contributed by atoms with E-state index in [9.17, 15) is 0 Å². The fourth-order valence-corrected chi connectivity index (χ4v) is 2.66. The van der Waals surface area contributed by atoms with Crippen LogP contribution in [-0.4, -0.2) is 25.7 Å². The van der Waals surface area contributed by atoms with E-state index < -0.39 is 0 Å². The maximum Gasteiger partial charge on any atom is 0.191 e. The van der Waals surface area contributed by atoms with Gasteiger partial charge in [0.1, 0.15) is 11.9 Å². The molecule has 2 N–H and O–H groups in total. The first-order valence-electron chi connectivity index (χ1n) is 7.37. The first-order chi connectivity index (χ1) is 10.7. The molecule has 1 aromatic heterocycles. The van der Waals surface area contributed by atoms with Crippen LogP contribution in [0.5, 0.6) is 5.75 Å². The molecule has 0 radical (unpaired) electrons. The Hall–Kier alpha value is -1.28. The van der Waals surface area contributed by atoms with Gasteiger partial charge >= 0.3 is 0 Å². The third-order valence-electron chi connectivity index (χ3n) is 3.24. The van der Waals surface area contributed by atoms with Gasteiger partial charge in [-0.1, -0.05) is 18.2 Å². The minimum absolute atomic E-state index is 0. The summed E-state index contributed by atoms with van der Waals surface area (Å²) in [7, 11) is 1.77. The highest BCUT2D eigenvalue weighted by Gasteiger charge is 2.07. The summed E-state index contributed by atoms with van der Waals surface area (Å²) in [5.41, 5.74) is 2.41. The van der Waals surface area contributed by atoms with Crippen LogP contribution >= 0.6 is 35.3 Å². The number of thiophene rings is 1. The van der Waals surface area contributed by atoms with Crippen molar-refractivity contribution in [1.82, 2.24) is 10.6 Å². The summed E-state index contributed by atoms with van der Waals surface area (Å²) in [5, 5.41) is 10.8. The van der Waals surface area contributed by atoms with Gasteiger partial charge in [0.05, 0.1) is 6.54 Å². The predicted octanol–water partition coefficient (Wildman–Crippen LogP) is 3.81. The molecule has 0 fully saturated rings. The number of nitrogens with one attached hydrogen (secondary N) is 2. The molecule has 0 saturated heterocycles. The molecule has 1 atom stereocenters. The van der Waals surface area contributed by atoms with E-state index in [1.165, 1.54) is 5.56 Å². The van der Waals surface area contributed by atoms with Crippen molar-refractivity contribution in [3.05, 3.63) is 52.2 Å². The number of hydrogen-bond acceptors (Lipinski definition) is 3. The van der Waals surface area contributed by atoms with E-state index in [0.29, 0.717) is 6.54 Å². The van der Waals surface area contributed by atoms with E-state index in [1.807, 2.05) is 25.1 Å². The Bertz CT molecular complexity index is 602. The molecule has 0 bridgehead atoms. The van der Waals surface area contributed by atoms with Crippen LogP contribution in [0.4, 0.5) is 0 Å². The summed E-state index contributed by atoms with van der Waals surface area (Å²) in [6.45, 7) is 5.57. The lowest BCUT2D eigenvalue weighted by Gasteiger charge is -2.18. The molecule has 1 heterocycles. The van der Waals surface area contributed by atoms with Crippen LogP contribution in [0.2, 0.25) is 0 Å². The van der Waals surface area contributed by atoms with Gasteiger partial charge in [-0.05, 0) is 47.9 Å². The molecular weight excluding hydrogens is 421 g/mol. The van der Waals surface area contributed by atoms with E-state index in [4.69, 9.17) is 4.74 Å². The summed E-state index contributed by atoms with van der Waals surface area (Å²) >= 11 is 1.70. The molecule has 0 amide bonds. The number of rotatable bonds is 6. The minimum Gasteiger partial charge on any atom is -0.489 e. The van der Waals surface area contributed by atoms with Gasteiger partial charge in [0.2, 0.25) is 0 Å². The monoisotopic (exact) mass is 445 g/mol. The predicted molar refractivity (Wildman–Crippen MR) is 109 cm³/mol. The van der Waals surface area contributed by atoms with Gasteiger partial charge in [0.15, 0.2) is 5.96 Å². The van der Waals surface area contributed by atoms with Gasteiger partial charge in [-0.25, -0.2) is 0 Å². The molecule has 0 aliphatic rings. The standard InChI is InChI=1S/C17H23N3OS.HI/c1-13-6-4-5-7-16(13)21-14(2)10-19-17(18-3)20-11-15-8-9-22-12-15;/h4-9,12,14H,10-11H2,1-3H3,(H2,18,19,20);1H. The van der Waals surface area contributed by atoms with E-state index in [1.54, 1.807) is 18.4 Å². The quantitative estimate of drug-likeness (QED) is 0.404. The van der Waals surface area contributed by atoms with Crippen LogP contribution in [-0.2, 0) is 6.54 Å². The van der Waals surface area contributed by atoms with Crippen LogP contribution in [0.15, 0.2) is 46.1 Å². The van der Waals surface area contributed by atoms with Gasteiger partial charge in [-0.3, -0.25) is 4.99 Å². The summed E-state index contributed by atoms with van der Waals surface area (Å²) in [4.78, 5) is 4.23. The first-order valence-corrected chi connectivity index (χ1v) is 8.31. The third-order valence-corrected chi connectivity index (χ3v) is 3.97. The van der Waals surface area contributed by atoms with Crippen molar-refractivity contribution in [2.75, 3.05) is 13.6 Å². The maximum atomic E-state index is 5.95. The number of aliphatic imine (C=N–C) groups is 1. The number of aryl methyl sites for hydroxylation is 1. The van der Waals surface area contributed by atoms with Gasteiger partial charge < -0.3 is 15.4 Å². The second-order valence-electron chi connectivity index (χ2n) is 5.13. The second-order valence-corrected chi connectivity index (χ2v) is 5.91. The first kappa shape index (κ1) is 19.8. The summed E-state index contributed by atoms with van der Waals surface area (Å²) in [6, 6.07) is 10.2. The third kappa shape index (κ3) is 6.78. The summed E-state index contributed by atoms with van der Waals surface area (Å²) < 4.78 is 5.95. The molecule has 1 unspecified atom stereocenters. The number of para-hydroxylation sites is 1. The van der Waals surface area contributed by atoms with Crippen LogP contribution in [0.25, 0.3) is 0 Å². The van der Waals surface area contributed by atoms with Gasteiger partial charge in [0.25, 0.3) is 0 Å². The highest BCUT2D eigenvalue weighted by atomic mass is 127. The zero-order valence-corrected chi connectivity index (χ0v) is 16.9. The van der Waals surface area contributed by atoms with E-state index in [2.05, 4.69) is 45.4 Å². The topological polar surface area (TPSA) is 45.7 Å². The Kier molecular flexibility index (Phi) is 9.01. The van der Waals surface area contributed by atoms with Crippen LogP contribution in [0.1, 0.15) is 18.1 Å². The number of guanidine groups is 1. The van der Waals surface area contributed by atoms with Gasteiger partial charge in [-0.15, -0.1) is 24.0 Å². The summed E-state index contributed by atoms with van der Waals surface area (Å²) in [6.07, 6.45) is 0.0563. The molecular formula is C17H24IN3OS. The Balaban J connectivity index is 0.00000264. The number of hydrogen-bond donors (Lipinski definition) is 2. The Morgan fingerprint density at radius 3 is 2.70 bits per heavy atom. The van der Waals surface area contributed by atoms with Crippen LogP contribution < -0.4 is 15.4 Å². The minimum atomic E-state index is 0. The molecule has 2 rings (SSSR count). The number of nitrogens with zero attached hydrogens (tertiary/aromatic N) is 1. The highest BCUT2D eigenvalue weighted by molar-refractivity contribution is 14.0. The highest BCUT2D eigenvalue weighted by Crippen LogP contribution is 2.17. The molecule has 6 heteroatoms. The molecule has 0 saturated carbocycles. The van der Waals surface area contributed by atoms with Crippen molar-refractivity contribution in [2.45, 2.75) is 26.5 Å². The molecule has 1 aromatic carbocycles. The van der Waals surface area contributed by atoms with E-state index >= 15 is 0 Å². The molecule has 0 aliphatic heterocycles. The average molecular weight is 445 g/mol. The Labute approximate surface area is 159 Å². The zero-order valence-electron chi connectivity index (χ0n) is 13.7. The molecule has 126 valence electrons. The van der Waals surface area contributed by atoms with Gasteiger partial charge in [-0.2, -0.15) is 11.3 Å². The molecule has 23 heavy (non-hydrogen) atoms. The van der Waals surface area contributed by atoms with E-state index in [0.717, 1.165) is 23.8 Å². The smallest absolute Gasteiger partial charge is 0.191 e. The van der Waals surface area contributed by atoms with Gasteiger partial charge in [0, 0.05) is 13.6 Å². The van der Waals surface area contributed by atoms with Crippen molar-refractivity contribution in [2.24, 2.45) is 4.99 Å². The molecule has 0 aliphatic carbocycles. The van der Waals surface area contributed by atoms with E-state index in [-0.39, 0.29) is 30.1 Å². The normalized spacial score (nSPS) is 12.2. The molecule has 2 aromatic rings. The fourth-order valence-electron chi connectivity index (χ4n) is 1.99. The van der Waals surface area contributed by atoms with Crippen LogP contribution in [0, 0.1) is 6.92 Å². The summed E-state index contributed by atoms with van der Waals surface area (Å²) in [5.74, 6) is 1.71. The van der Waals surface area contributed by atoms with Crippen molar-refractivity contribution >= 4 is 41.3 Å². The average Bonchev–Trinajstić information content (AvgIpc) is 3.03. The molecule has 4 nitrogen and oxygen atoms in total. The van der Waals surface area contributed by atoms with Crippen molar-refractivity contribution in [3.63, 3.8) is 0 Å². The van der Waals surface area contributed by atoms with Crippen molar-refractivity contribution in [1.29, 1.82) is 0 Å². The zero-order chi connectivity index (χ0) is 15.8. The molecule has 0 spiro atoms. The Morgan fingerprint density at radius 2 is 2.04 bits per heavy atom. The fraction of sp³-hybridized carbons (Fsp3) is 0.353. The van der Waals surface area contributed by atoms with Crippen LogP contribution in [0.3, 0.4) is 0 Å². The lowest BCUT2D eigenvalue weighted by molar-refractivity contribution is 0.222. The maximum absolute atomic E-state index is 5.95. The number of ether oxygens (including phenoxy) is 1. The number of halogens is 1. The Morgan fingerprint density at radius 1 is 1.26 bits per heavy atom.